The van der Waals surface area contributed by atoms with E-state index >= 15 is 0 Å². The van der Waals surface area contributed by atoms with Crippen LogP contribution in [0.3, 0.4) is 0 Å². The van der Waals surface area contributed by atoms with Crippen molar-refractivity contribution in [1.29, 1.82) is 0 Å². The van der Waals surface area contributed by atoms with Gasteiger partial charge in [-0.15, -0.1) is 0 Å². The van der Waals surface area contributed by atoms with Crippen molar-refractivity contribution >= 4 is 17.8 Å². The molecule has 0 unspecified atom stereocenters. The highest BCUT2D eigenvalue weighted by molar-refractivity contribution is 5.87. The topological polar surface area (TPSA) is 95.5 Å². The molecule has 0 aliphatic heterocycles. The van der Waals surface area contributed by atoms with Gasteiger partial charge in [0.05, 0.1) is 0 Å². The molecule has 0 saturated heterocycles. The number of rotatable bonds is 7. The molecule has 1 atom stereocenters. The van der Waals surface area contributed by atoms with Crippen molar-refractivity contribution in [2.45, 2.75) is 19.4 Å². The molecule has 112 valence electrons. The Morgan fingerprint density at radius 1 is 1.24 bits per heavy atom. The molecular formula is C15H18N2O4. The number of hydrogen-bond acceptors (Lipinski definition) is 3. The standard InChI is InChI=1S/C15H18N2O4/c1-11(18)17-13(10-12-6-3-2-4-7-12)15(21)16-9-5-8-14(19)20/h2-8,13H,9-10H2,1H3,(H,16,21)(H,17,18)(H,19,20)/b8-5+/t13-/m0/s1. The van der Waals surface area contributed by atoms with Gasteiger partial charge in [-0.05, 0) is 5.56 Å². The molecule has 6 heteroatoms. The number of benzene rings is 1. The van der Waals surface area contributed by atoms with Crippen LogP contribution in [0.5, 0.6) is 0 Å². The molecule has 2 amide bonds. The summed E-state index contributed by atoms with van der Waals surface area (Å²) in [5, 5.41) is 13.6. The van der Waals surface area contributed by atoms with Gasteiger partial charge in [0.1, 0.15) is 6.04 Å². The van der Waals surface area contributed by atoms with Gasteiger partial charge in [0, 0.05) is 26.0 Å². The molecule has 0 fully saturated rings. The number of amides is 2. The highest BCUT2D eigenvalue weighted by atomic mass is 16.4. The van der Waals surface area contributed by atoms with Gasteiger partial charge in [-0.2, -0.15) is 0 Å². The third-order valence-electron chi connectivity index (χ3n) is 2.63. The van der Waals surface area contributed by atoms with Crippen molar-refractivity contribution < 1.29 is 19.5 Å². The molecule has 21 heavy (non-hydrogen) atoms. The van der Waals surface area contributed by atoms with Crippen LogP contribution < -0.4 is 10.6 Å². The van der Waals surface area contributed by atoms with E-state index in [-0.39, 0.29) is 18.4 Å². The molecule has 6 nitrogen and oxygen atoms in total. The molecule has 0 saturated carbocycles. The molecule has 0 spiro atoms. The van der Waals surface area contributed by atoms with Crippen LogP contribution in [-0.4, -0.2) is 35.5 Å². The molecule has 1 rings (SSSR count). The Morgan fingerprint density at radius 2 is 1.90 bits per heavy atom. The lowest BCUT2D eigenvalue weighted by Crippen LogP contribution is -2.47. The monoisotopic (exact) mass is 290 g/mol. The number of carboxylic acids is 1. The molecule has 0 aromatic heterocycles. The number of nitrogens with one attached hydrogen (secondary N) is 2. The number of hydrogen-bond donors (Lipinski definition) is 3. The van der Waals surface area contributed by atoms with E-state index in [1.807, 2.05) is 30.3 Å². The van der Waals surface area contributed by atoms with Gasteiger partial charge in [0.2, 0.25) is 11.8 Å². The average Bonchev–Trinajstić information content (AvgIpc) is 2.43. The molecule has 0 aliphatic carbocycles. The molecule has 1 aromatic carbocycles. The summed E-state index contributed by atoms with van der Waals surface area (Å²) in [5.41, 5.74) is 0.924. The Morgan fingerprint density at radius 3 is 2.48 bits per heavy atom. The normalized spacial score (nSPS) is 11.9. The van der Waals surface area contributed by atoms with Crippen molar-refractivity contribution in [2.75, 3.05) is 6.54 Å². The first-order chi connectivity index (χ1) is 9.99. The van der Waals surface area contributed by atoms with Crippen molar-refractivity contribution in [3.05, 3.63) is 48.0 Å². The maximum atomic E-state index is 12.0. The zero-order valence-electron chi connectivity index (χ0n) is 11.7. The lowest BCUT2D eigenvalue weighted by Gasteiger charge is -2.17. The molecule has 0 bridgehead atoms. The summed E-state index contributed by atoms with van der Waals surface area (Å²) in [6.45, 7) is 1.44. The van der Waals surface area contributed by atoms with Crippen molar-refractivity contribution in [3.63, 3.8) is 0 Å². The third kappa shape index (κ3) is 6.91. The van der Waals surface area contributed by atoms with E-state index in [1.165, 1.54) is 13.0 Å². The summed E-state index contributed by atoms with van der Waals surface area (Å²) >= 11 is 0. The quantitative estimate of drug-likeness (QED) is 0.637. The zero-order valence-corrected chi connectivity index (χ0v) is 11.7. The van der Waals surface area contributed by atoms with Gasteiger partial charge in [-0.3, -0.25) is 9.59 Å². The van der Waals surface area contributed by atoms with Gasteiger partial charge in [-0.25, -0.2) is 4.79 Å². The van der Waals surface area contributed by atoms with Gasteiger partial charge >= 0.3 is 5.97 Å². The predicted octanol–water partition coefficient (Wildman–Crippen LogP) is 0.491. The van der Waals surface area contributed by atoms with Crippen LogP contribution in [0.25, 0.3) is 0 Å². The smallest absolute Gasteiger partial charge is 0.328 e. The molecule has 3 N–H and O–H groups in total. The summed E-state index contributed by atoms with van der Waals surface area (Å²) < 4.78 is 0. The predicted molar refractivity (Wildman–Crippen MR) is 77.5 cm³/mol. The Bertz CT molecular complexity index is 526. The third-order valence-corrected chi connectivity index (χ3v) is 2.63. The Kier molecular flexibility index (Phi) is 6.67. The van der Waals surface area contributed by atoms with Gasteiger partial charge in [-0.1, -0.05) is 36.4 Å². The van der Waals surface area contributed by atoms with E-state index in [0.29, 0.717) is 6.42 Å². The summed E-state index contributed by atoms with van der Waals surface area (Å²) in [6.07, 6.45) is 2.65. The number of carboxylic acid groups (broad SMARTS) is 1. The van der Waals surface area contributed by atoms with Gasteiger partial charge < -0.3 is 15.7 Å². The average molecular weight is 290 g/mol. The molecule has 0 heterocycles. The lowest BCUT2D eigenvalue weighted by atomic mass is 10.1. The van der Waals surface area contributed by atoms with Crippen molar-refractivity contribution in [3.8, 4) is 0 Å². The Hall–Kier alpha value is -2.63. The van der Waals surface area contributed by atoms with Crippen LogP contribution >= 0.6 is 0 Å². The van der Waals surface area contributed by atoms with Crippen LogP contribution in [0.2, 0.25) is 0 Å². The fraction of sp³-hybridized carbons (Fsp3) is 0.267. The number of carbonyl (C=O) groups is 3. The molecule has 1 aromatic rings. The maximum absolute atomic E-state index is 12.0. The minimum atomic E-state index is -1.08. The second-order valence-electron chi connectivity index (χ2n) is 4.43. The summed E-state index contributed by atoms with van der Waals surface area (Å²) in [4.78, 5) is 33.5. The highest BCUT2D eigenvalue weighted by Crippen LogP contribution is 2.03. The molecular weight excluding hydrogens is 272 g/mol. The van der Waals surface area contributed by atoms with Crippen LogP contribution in [0.15, 0.2) is 42.5 Å². The lowest BCUT2D eigenvalue weighted by molar-refractivity contribution is -0.131. The second-order valence-corrected chi connectivity index (χ2v) is 4.43. The van der Waals surface area contributed by atoms with Crippen molar-refractivity contribution in [1.82, 2.24) is 10.6 Å². The summed E-state index contributed by atoms with van der Waals surface area (Å²) in [6, 6.07) is 8.62. The second kappa shape index (κ2) is 8.52. The molecule has 0 aliphatic rings. The van der Waals surface area contributed by atoms with Crippen LogP contribution in [0.4, 0.5) is 0 Å². The van der Waals surface area contributed by atoms with Crippen molar-refractivity contribution in [2.24, 2.45) is 0 Å². The zero-order chi connectivity index (χ0) is 15.7. The van der Waals surface area contributed by atoms with Gasteiger partial charge in [0.15, 0.2) is 0 Å². The summed E-state index contributed by atoms with van der Waals surface area (Å²) in [5.74, 6) is -1.73. The van der Waals surface area contributed by atoms with E-state index in [1.54, 1.807) is 0 Å². The minimum Gasteiger partial charge on any atom is -0.478 e. The van der Waals surface area contributed by atoms with Crippen LogP contribution in [0.1, 0.15) is 12.5 Å². The first kappa shape index (κ1) is 16.4. The fourth-order valence-electron chi connectivity index (χ4n) is 1.75. The minimum absolute atomic E-state index is 0.0933. The first-order valence-corrected chi connectivity index (χ1v) is 6.47. The Labute approximate surface area is 122 Å². The maximum Gasteiger partial charge on any atom is 0.328 e. The first-order valence-electron chi connectivity index (χ1n) is 6.47. The Balaban J connectivity index is 2.62. The number of aliphatic carboxylic acids is 1. The van der Waals surface area contributed by atoms with E-state index in [9.17, 15) is 14.4 Å². The van der Waals surface area contributed by atoms with E-state index in [4.69, 9.17) is 5.11 Å². The fourth-order valence-corrected chi connectivity index (χ4v) is 1.75. The van der Waals surface area contributed by atoms with E-state index in [0.717, 1.165) is 11.6 Å². The SMILES string of the molecule is CC(=O)N[C@@H](Cc1ccccc1)C(=O)NC/C=C/C(=O)O. The van der Waals surface area contributed by atoms with Crippen LogP contribution in [0, 0.1) is 0 Å². The van der Waals surface area contributed by atoms with E-state index in [2.05, 4.69) is 10.6 Å². The van der Waals surface area contributed by atoms with E-state index < -0.39 is 12.0 Å². The molecule has 0 radical (unpaired) electrons. The van der Waals surface area contributed by atoms with Gasteiger partial charge in [0.25, 0.3) is 0 Å². The summed E-state index contributed by atoms with van der Waals surface area (Å²) in [7, 11) is 0. The highest BCUT2D eigenvalue weighted by Gasteiger charge is 2.19. The largest absolute Gasteiger partial charge is 0.478 e. The number of carbonyl (C=O) groups excluding carboxylic acids is 2. The van der Waals surface area contributed by atoms with Crippen LogP contribution in [-0.2, 0) is 20.8 Å².